The summed E-state index contributed by atoms with van der Waals surface area (Å²) in [6.45, 7) is 0. The number of rotatable bonds is 3. The molecule has 0 N–H and O–H groups in total. The lowest BCUT2D eigenvalue weighted by molar-refractivity contribution is 1.07. The van der Waals surface area contributed by atoms with Crippen molar-refractivity contribution in [2.75, 3.05) is 0 Å². The lowest BCUT2D eigenvalue weighted by Gasteiger charge is -2.12. The molecule has 6 aromatic rings. The highest BCUT2D eigenvalue weighted by Gasteiger charge is 2.13. The van der Waals surface area contributed by atoms with Crippen molar-refractivity contribution >= 4 is 33.1 Å². The van der Waals surface area contributed by atoms with E-state index in [1.54, 1.807) is 0 Å². The summed E-state index contributed by atoms with van der Waals surface area (Å²) >= 11 is 6.29. The average molecular weight is 444 g/mol. The molecule has 0 fully saturated rings. The molecule has 0 radical (unpaired) electrons. The number of nitrogens with zero attached hydrogens (tertiary/aromatic N) is 3. The van der Waals surface area contributed by atoms with Crippen molar-refractivity contribution < 1.29 is 0 Å². The van der Waals surface area contributed by atoms with Gasteiger partial charge in [0, 0.05) is 11.1 Å². The Bertz CT molecular complexity index is 1610. The minimum absolute atomic E-state index is 0.184. The first-order valence-electron chi connectivity index (χ1n) is 10.7. The van der Waals surface area contributed by atoms with Gasteiger partial charge < -0.3 is 0 Å². The van der Waals surface area contributed by atoms with Crippen LogP contribution in [0.1, 0.15) is 0 Å². The molecule has 0 aliphatic rings. The van der Waals surface area contributed by atoms with E-state index in [1.165, 1.54) is 27.3 Å². The Morgan fingerprint density at radius 3 is 1.79 bits per heavy atom. The fourth-order valence-electron chi connectivity index (χ4n) is 4.29. The number of hydrogen-bond acceptors (Lipinski definition) is 3. The van der Waals surface area contributed by atoms with Crippen LogP contribution in [0, 0.1) is 0 Å². The van der Waals surface area contributed by atoms with Gasteiger partial charge in [-0.3, -0.25) is 0 Å². The molecule has 0 saturated heterocycles. The monoisotopic (exact) mass is 443 g/mol. The van der Waals surface area contributed by atoms with E-state index in [2.05, 4.69) is 76.7 Å². The van der Waals surface area contributed by atoms with E-state index in [1.807, 2.05) is 42.5 Å². The van der Waals surface area contributed by atoms with Gasteiger partial charge >= 0.3 is 0 Å². The van der Waals surface area contributed by atoms with E-state index >= 15 is 0 Å². The molecule has 0 bridgehead atoms. The van der Waals surface area contributed by atoms with Crippen LogP contribution in [-0.2, 0) is 0 Å². The molecule has 1 aromatic heterocycles. The molecule has 0 saturated carbocycles. The molecular weight excluding hydrogens is 426 g/mol. The first-order valence-corrected chi connectivity index (χ1v) is 11.1. The summed E-state index contributed by atoms with van der Waals surface area (Å²) < 4.78 is 0. The van der Waals surface area contributed by atoms with Crippen molar-refractivity contribution in [1.82, 2.24) is 15.0 Å². The average Bonchev–Trinajstić information content (AvgIpc) is 2.88. The summed E-state index contributed by atoms with van der Waals surface area (Å²) in [5.74, 6) is 1.13. The van der Waals surface area contributed by atoms with Gasteiger partial charge in [0.2, 0.25) is 5.28 Å². The van der Waals surface area contributed by atoms with E-state index < -0.39 is 0 Å². The molecule has 0 aliphatic carbocycles. The summed E-state index contributed by atoms with van der Waals surface area (Å²) in [6.07, 6.45) is 0. The van der Waals surface area contributed by atoms with Gasteiger partial charge in [0.25, 0.3) is 0 Å². The highest BCUT2D eigenvalue weighted by atomic mass is 35.5. The Labute approximate surface area is 196 Å². The minimum atomic E-state index is 0.184. The van der Waals surface area contributed by atoms with Gasteiger partial charge in [0.1, 0.15) is 0 Å². The number of aromatic nitrogens is 3. The van der Waals surface area contributed by atoms with E-state index in [0.29, 0.717) is 11.6 Å². The largest absolute Gasteiger partial charge is 0.226 e. The molecule has 156 valence electrons. The first kappa shape index (κ1) is 19.6. The summed E-state index contributed by atoms with van der Waals surface area (Å²) in [5.41, 5.74) is 4.24. The maximum atomic E-state index is 6.29. The zero-order valence-corrected chi connectivity index (χ0v) is 18.4. The number of hydrogen-bond donors (Lipinski definition) is 0. The summed E-state index contributed by atoms with van der Waals surface area (Å²) in [6, 6.07) is 37.4. The topological polar surface area (TPSA) is 38.7 Å². The van der Waals surface area contributed by atoms with Crippen LogP contribution in [0.15, 0.2) is 109 Å². The Kier molecular flexibility index (Phi) is 4.82. The van der Waals surface area contributed by atoms with E-state index in [9.17, 15) is 0 Å². The van der Waals surface area contributed by atoms with Crippen molar-refractivity contribution in [2.45, 2.75) is 0 Å². The fourth-order valence-corrected chi connectivity index (χ4v) is 4.45. The van der Waals surface area contributed by atoms with Crippen LogP contribution in [0.2, 0.25) is 5.28 Å². The van der Waals surface area contributed by atoms with Gasteiger partial charge in [0.15, 0.2) is 11.6 Å². The second-order valence-electron chi connectivity index (χ2n) is 7.89. The number of halogens is 1. The zero-order chi connectivity index (χ0) is 22.2. The normalized spacial score (nSPS) is 11.2. The van der Waals surface area contributed by atoms with E-state index in [-0.39, 0.29) is 5.28 Å². The lowest BCUT2D eigenvalue weighted by Crippen LogP contribution is -1.97. The van der Waals surface area contributed by atoms with E-state index in [0.717, 1.165) is 16.5 Å². The van der Waals surface area contributed by atoms with Crippen LogP contribution in [0.4, 0.5) is 0 Å². The Balaban J connectivity index is 1.56. The maximum Gasteiger partial charge on any atom is 0.226 e. The van der Waals surface area contributed by atoms with Gasteiger partial charge in [-0.2, -0.15) is 9.97 Å². The van der Waals surface area contributed by atoms with Crippen molar-refractivity contribution in [3.8, 4) is 33.9 Å². The SMILES string of the molecule is Clc1nc(-c2ccccc2)nc(-c2ccc3cc(-c4ccccc4)c4ccccc4c3c2)n1. The quantitative estimate of drug-likeness (QED) is 0.261. The van der Waals surface area contributed by atoms with Crippen LogP contribution in [-0.4, -0.2) is 15.0 Å². The third-order valence-corrected chi connectivity index (χ3v) is 6.01. The summed E-state index contributed by atoms with van der Waals surface area (Å²) in [7, 11) is 0. The molecule has 3 nitrogen and oxygen atoms in total. The molecule has 0 aliphatic heterocycles. The molecule has 0 unspecified atom stereocenters. The molecule has 4 heteroatoms. The molecule has 0 spiro atoms. The Morgan fingerprint density at radius 2 is 1.06 bits per heavy atom. The van der Waals surface area contributed by atoms with E-state index in [4.69, 9.17) is 16.6 Å². The zero-order valence-electron chi connectivity index (χ0n) is 17.6. The summed E-state index contributed by atoms with van der Waals surface area (Å²) in [4.78, 5) is 13.5. The molecule has 33 heavy (non-hydrogen) atoms. The standard InChI is InChI=1S/C29H18ClN3/c30-29-32-27(20-11-5-2-6-12-20)31-28(33-29)22-16-15-21-17-25(19-9-3-1-4-10-19)23-13-7-8-14-24(23)26(21)18-22/h1-18H. The van der Waals surface area contributed by atoms with Crippen LogP contribution in [0.3, 0.4) is 0 Å². The fraction of sp³-hybridized carbons (Fsp3) is 0. The second-order valence-corrected chi connectivity index (χ2v) is 8.23. The molecule has 6 rings (SSSR count). The van der Waals surface area contributed by atoms with Gasteiger partial charge in [-0.15, -0.1) is 0 Å². The molecule has 5 aromatic carbocycles. The Hall–Kier alpha value is -4.08. The number of benzene rings is 5. The molecule has 1 heterocycles. The van der Waals surface area contributed by atoms with Crippen molar-refractivity contribution in [3.63, 3.8) is 0 Å². The minimum Gasteiger partial charge on any atom is -0.208 e. The third kappa shape index (κ3) is 3.63. The highest BCUT2D eigenvalue weighted by Crippen LogP contribution is 2.36. The van der Waals surface area contributed by atoms with Crippen molar-refractivity contribution in [1.29, 1.82) is 0 Å². The summed E-state index contributed by atoms with van der Waals surface area (Å²) in [5, 5.41) is 4.91. The van der Waals surface area contributed by atoms with Crippen LogP contribution in [0.5, 0.6) is 0 Å². The third-order valence-electron chi connectivity index (χ3n) is 5.84. The molecule has 0 amide bonds. The van der Waals surface area contributed by atoms with Crippen LogP contribution >= 0.6 is 11.6 Å². The van der Waals surface area contributed by atoms with Crippen molar-refractivity contribution in [2.24, 2.45) is 0 Å². The smallest absolute Gasteiger partial charge is 0.208 e. The van der Waals surface area contributed by atoms with Gasteiger partial charge in [-0.25, -0.2) is 4.98 Å². The predicted octanol–water partition coefficient (Wildman–Crippen LogP) is 7.83. The van der Waals surface area contributed by atoms with Gasteiger partial charge in [0.05, 0.1) is 0 Å². The van der Waals surface area contributed by atoms with Crippen LogP contribution < -0.4 is 0 Å². The second kappa shape index (κ2) is 8.12. The molecule has 0 atom stereocenters. The van der Waals surface area contributed by atoms with Gasteiger partial charge in [-0.1, -0.05) is 97.1 Å². The Morgan fingerprint density at radius 1 is 0.455 bits per heavy atom. The number of fused-ring (bicyclic) bond motifs is 3. The van der Waals surface area contributed by atoms with Gasteiger partial charge in [-0.05, 0) is 56.4 Å². The predicted molar refractivity (Wildman–Crippen MR) is 136 cm³/mol. The van der Waals surface area contributed by atoms with Crippen molar-refractivity contribution in [3.05, 3.63) is 114 Å². The lowest BCUT2D eigenvalue weighted by atomic mass is 9.92. The maximum absolute atomic E-state index is 6.29. The van der Waals surface area contributed by atoms with Crippen LogP contribution in [0.25, 0.3) is 55.4 Å². The highest BCUT2D eigenvalue weighted by molar-refractivity contribution is 6.28. The first-order chi connectivity index (χ1) is 16.3. The molecular formula is C29H18ClN3.